The van der Waals surface area contributed by atoms with Gasteiger partial charge in [-0.05, 0) is 13.8 Å². The molecule has 0 bridgehead atoms. The number of aliphatic hydroxyl groups is 1. The average Bonchev–Trinajstić information content (AvgIpc) is 1.36. The summed E-state index contributed by atoms with van der Waals surface area (Å²) in [5.74, 6) is -0.296. The highest BCUT2D eigenvalue weighted by Gasteiger charge is 1.97. The van der Waals surface area contributed by atoms with Gasteiger partial charge in [0.2, 0.25) is 0 Å². The van der Waals surface area contributed by atoms with Crippen LogP contribution in [-0.2, 0) is 4.79 Å². The molecule has 0 aromatic rings. The second kappa shape index (κ2) is 1.92. The predicted octanol–water partition coefficient (Wildman–Crippen LogP) is -0.230. The van der Waals surface area contributed by atoms with Gasteiger partial charge in [-0.3, -0.25) is 4.79 Å². The summed E-state index contributed by atoms with van der Waals surface area (Å²) >= 11 is 0. The number of rotatable bonds is 1. The minimum Gasteiger partial charge on any atom is -0.385 e. The molecule has 0 rings (SSSR count). The molecule has 1 atom stereocenters. The highest BCUT2D eigenvalue weighted by atomic mass is 16.3. The maximum Gasteiger partial charge on any atom is 0.158 e. The third kappa shape index (κ3) is 1.91. The number of Topliss-reactive ketones (excluding diaryl/α,β-unsaturated/α-hetero) is 1. The zero-order valence-corrected chi connectivity index (χ0v) is 3.64. The second-order valence-corrected chi connectivity index (χ2v) is 1.13. The van der Waals surface area contributed by atoms with Crippen LogP contribution in [0, 0.1) is 6.92 Å². The molecule has 0 spiro atoms. The zero-order valence-electron chi connectivity index (χ0n) is 3.64. The summed E-state index contributed by atoms with van der Waals surface area (Å²) in [7, 11) is 0. The van der Waals surface area contributed by atoms with Gasteiger partial charge in [0.05, 0.1) is 0 Å². The molecule has 2 nitrogen and oxygen atoms in total. The monoisotopic (exact) mass is 87.0 g/mol. The minimum atomic E-state index is -1.04. The van der Waals surface area contributed by atoms with Gasteiger partial charge in [0.15, 0.2) is 5.78 Å². The molecule has 0 saturated carbocycles. The smallest absolute Gasteiger partial charge is 0.158 e. The number of hydrogen-bond acceptors (Lipinski definition) is 2. The molecule has 0 aliphatic heterocycles. The molecule has 1 N–H and O–H groups in total. The highest BCUT2D eigenvalue weighted by Crippen LogP contribution is 1.76. The van der Waals surface area contributed by atoms with Gasteiger partial charge in [0.25, 0.3) is 0 Å². The van der Waals surface area contributed by atoms with Crippen molar-refractivity contribution in [3.63, 3.8) is 0 Å². The van der Waals surface area contributed by atoms with Gasteiger partial charge in [-0.2, -0.15) is 0 Å². The minimum absolute atomic E-state index is 0.296. The van der Waals surface area contributed by atoms with Crippen molar-refractivity contribution >= 4 is 5.78 Å². The highest BCUT2D eigenvalue weighted by molar-refractivity contribution is 5.80. The number of carbonyl (C=O) groups excluding carboxylic acids is 1. The summed E-state index contributed by atoms with van der Waals surface area (Å²) < 4.78 is 0. The Morgan fingerprint density at radius 3 is 2.17 bits per heavy atom. The predicted molar refractivity (Wildman–Crippen MR) is 22.0 cm³/mol. The van der Waals surface area contributed by atoms with Gasteiger partial charge in [0.1, 0.15) is 6.10 Å². The first kappa shape index (κ1) is 5.63. The second-order valence-electron chi connectivity index (χ2n) is 1.13. The number of hydrogen-bond donors (Lipinski definition) is 1. The van der Waals surface area contributed by atoms with Crippen LogP contribution in [0.5, 0.6) is 0 Å². The van der Waals surface area contributed by atoms with Crippen LogP contribution in [0.15, 0.2) is 0 Å². The molecule has 1 unspecified atom stereocenters. The Bertz CT molecular complexity index is 56.6. The lowest BCUT2D eigenvalue weighted by molar-refractivity contribution is -0.122. The lowest BCUT2D eigenvalue weighted by Gasteiger charge is -1.90. The normalized spacial score (nSPS) is 13.8. The maximum absolute atomic E-state index is 9.83. The van der Waals surface area contributed by atoms with Gasteiger partial charge in [-0.15, -0.1) is 0 Å². The van der Waals surface area contributed by atoms with E-state index in [0.29, 0.717) is 0 Å². The number of carbonyl (C=O) groups is 1. The van der Waals surface area contributed by atoms with E-state index in [2.05, 4.69) is 6.92 Å². The van der Waals surface area contributed by atoms with Gasteiger partial charge in [-0.25, -0.2) is 0 Å². The average molecular weight is 87.1 g/mol. The third-order valence-corrected chi connectivity index (χ3v) is 0.469. The standard InChI is InChI=1S/C4H7O2/c1-3(5)4(2)6/h3,5H,1H2,2H3. The van der Waals surface area contributed by atoms with E-state index < -0.39 is 6.10 Å². The molecule has 0 aliphatic carbocycles. The molecule has 1 radical (unpaired) electrons. The summed E-state index contributed by atoms with van der Waals surface area (Å²) in [6.07, 6.45) is -1.04. The van der Waals surface area contributed by atoms with Crippen LogP contribution in [0.2, 0.25) is 0 Å². The van der Waals surface area contributed by atoms with Crippen LogP contribution in [0.25, 0.3) is 0 Å². The molecule has 35 valence electrons. The molecule has 6 heavy (non-hydrogen) atoms. The molecule has 2 heteroatoms. The Balaban J connectivity index is 3.26. The fraction of sp³-hybridized carbons (Fsp3) is 0.500. The van der Waals surface area contributed by atoms with E-state index >= 15 is 0 Å². The van der Waals surface area contributed by atoms with E-state index in [0.717, 1.165) is 0 Å². The van der Waals surface area contributed by atoms with Crippen LogP contribution in [0.4, 0.5) is 0 Å². The van der Waals surface area contributed by atoms with Crippen LogP contribution < -0.4 is 0 Å². The van der Waals surface area contributed by atoms with Crippen LogP contribution in [0.1, 0.15) is 6.92 Å². The summed E-state index contributed by atoms with van der Waals surface area (Å²) in [6, 6.07) is 0. The Morgan fingerprint density at radius 1 is 2.00 bits per heavy atom. The van der Waals surface area contributed by atoms with Gasteiger partial charge in [-0.1, -0.05) is 0 Å². The van der Waals surface area contributed by atoms with Crippen molar-refractivity contribution in [1.29, 1.82) is 0 Å². The van der Waals surface area contributed by atoms with Crippen LogP contribution in [0.3, 0.4) is 0 Å². The molecular weight excluding hydrogens is 80.0 g/mol. The van der Waals surface area contributed by atoms with Crippen LogP contribution in [-0.4, -0.2) is 17.0 Å². The Labute approximate surface area is 36.8 Å². The fourth-order valence-electron chi connectivity index (χ4n) is 0. The van der Waals surface area contributed by atoms with Crippen molar-refractivity contribution < 1.29 is 9.90 Å². The first-order valence-electron chi connectivity index (χ1n) is 1.66. The Kier molecular flexibility index (Phi) is 1.81. The van der Waals surface area contributed by atoms with E-state index in [1.807, 2.05) is 0 Å². The van der Waals surface area contributed by atoms with Crippen molar-refractivity contribution in [1.82, 2.24) is 0 Å². The lowest BCUT2D eigenvalue weighted by Crippen LogP contribution is -2.10. The van der Waals surface area contributed by atoms with Gasteiger partial charge in [0, 0.05) is 0 Å². The first-order chi connectivity index (χ1) is 2.64. The Hall–Kier alpha value is -0.370. The molecule has 0 fully saturated rings. The molecular formula is C4H7O2. The zero-order chi connectivity index (χ0) is 5.15. The van der Waals surface area contributed by atoms with Crippen LogP contribution >= 0.6 is 0 Å². The molecule has 0 heterocycles. The molecule has 0 amide bonds. The summed E-state index contributed by atoms with van der Waals surface area (Å²) in [5, 5.41) is 8.17. The Morgan fingerprint density at radius 2 is 2.17 bits per heavy atom. The largest absolute Gasteiger partial charge is 0.385 e. The number of aliphatic hydroxyl groups excluding tert-OH is 1. The van der Waals surface area contributed by atoms with Gasteiger partial charge >= 0.3 is 0 Å². The SMILES string of the molecule is [CH2]C(O)C(C)=O. The molecule has 0 aromatic carbocycles. The fourth-order valence-corrected chi connectivity index (χ4v) is 0. The first-order valence-corrected chi connectivity index (χ1v) is 1.66. The summed E-state index contributed by atoms with van der Waals surface area (Å²) in [4.78, 5) is 9.83. The van der Waals surface area contributed by atoms with Gasteiger partial charge < -0.3 is 5.11 Å². The van der Waals surface area contributed by atoms with Crippen molar-refractivity contribution in [2.24, 2.45) is 0 Å². The van der Waals surface area contributed by atoms with E-state index in [1.54, 1.807) is 0 Å². The van der Waals surface area contributed by atoms with E-state index in [1.165, 1.54) is 6.92 Å². The number of ketones is 1. The molecule has 0 saturated heterocycles. The van der Waals surface area contributed by atoms with Crippen molar-refractivity contribution in [3.05, 3.63) is 6.92 Å². The van der Waals surface area contributed by atoms with Crippen molar-refractivity contribution in [2.75, 3.05) is 0 Å². The van der Waals surface area contributed by atoms with E-state index in [4.69, 9.17) is 5.11 Å². The quantitative estimate of drug-likeness (QED) is 0.479. The molecule has 0 aromatic heterocycles. The third-order valence-electron chi connectivity index (χ3n) is 0.469. The van der Waals surface area contributed by atoms with E-state index in [-0.39, 0.29) is 5.78 Å². The lowest BCUT2D eigenvalue weighted by atomic mass is 10.3. The summed E-state index contributed by atoms with van der Waals surface area (Å²) in [5.41, 5.74) is 0. The summed E-state index contributed by atoms with van der Waals surface area (Å²) in [6.45, 7) is 4.33. The van der Waals surface area contributed by atoms with E-state index in [9.17, 15) is 4.79 Å². The topological polar surface area (TPSA) is 37.3 Å². The van der Waals surface area contributed by atoms with Crippen molar-refractivity contribution in [2.45, 2.75) is 13.0 Å². The molecule has 0 aliphatic rings. The maximum atomic E-state index is 9.83. The van der Waals surface area contributed by atoms with Crippen molar-refractivity contribution in [3.8, 4) is 0 Å².